The molecule has 0 fully saturated rings. The van der Waals surface area contributed by atoms with E-state index in [0.29, 0.717) is 23.9 Å². The molecule has 0 heterocycles. The monoisotopic (exact) mass is 314 g/mol. The summed E-state index contributed by atoms with van der Waals surface area (Å²) in [5.74, 6) is -1.23. The van der Waals surface area contributed by atoms with Gasteiger partial charge in [-0.3, -0.25) is 4.79 Å². The molecule has 1 aromatic rings. The van der Waals surface area contributed by atoms with Crippen LogP contribution in [0.25, 0.3) is 0 Å². The predicted octanol–water partition coefficient (Wildman–Crippen LogP) is 2.78. The number of carboxylic acids is 1. The van der Waals surface area contributed by atoms with E-state index in [9.17, 15) is 9.59 Å². The first kappa shape index (κ1) is 14.7. The van der Waals surface area contributed by atoms with E-state index in [4.69, 9.17) is 9.84 Å². The molecule has 0 unspecified atom stereocenters. The number of carbonyl (C=O) groups is 2. The molecule has 0 aliphatic heterocycles. The lowest BCUT2D eigenvalue weighted by atomic mass is 10.0. The van der Waals surface area contributed by atoms with Crippen molar-refractivity contribution in [3.8, 4) is 0 Å². The molecule has 18 heavy (non-hydrogen) atoms. The molecule has 0 saturated carbocycles. The van der Waals surface area contributed by atoms with Gasteiger partial charge in [-0.25, -0.2) is 4.79 Å². The number of halogens is 1. The Morgan fingerprint density at radius 2 is 1.94 bits per heavy atom. The minimum atomic E-state index is -0.850. The molecule has 0 aliphatic carbocycles. The van der Waals surface area contributed by atoms with Gasteiger partial charge in [0.15, 0.2) is 0 Å². The average molecular weight is 315 g/mol. The van der Waals surface area contributed by atoms with E-state index < -0.39 is 5.97 Å². The van der Waals surface area contributed by atoms with Gasteiger partial charge in [-0.05, 0) is 36.6 Å². The van der Waals surface area contributed by atoms with E-state index in [1.807, 2.05) is 6.07 Å². The first-order valence-electron chi connectivity index (χ1n) is 5.64. The van der Waals surface area contributed by atoms with Crippen LogP contribution in [0.5, 0.6) is 0 Å². The third kappa shape index (κ3) is 4.49. The van der Waals surface area contributed by atoms with Crippen LogP contribution in [0.1, 0.15) is 34.8 Å². The Labute approximate surface area is 114 Å². The van der Waals surface area contributed by atoms with Crippen LogP contribution < -0.4 is 0 Å². The molecular formula is C13H15BrO4. The van der Waals surface area contributed by atoms with Gasteiger partial charge in [-0.15, -0.1) is 0 Å². The molecule has 1 aromatic carbocycles. The highest BCUT2D eigenvalue weighted by Gasteiger charge is 2.10. The summed E-state index contributed by atoms with van der Waals surface area (Å²) in [7, 11) is 0. The summed E-state index contributed by atoms with van der Waals surface area (Å²) in [4.78, 5) is 22.2. The second-order valence-corrected chi connectivity index (χ2v) is 4.35. The molecule has 5 heteroatoms. The zero-order chi connectivity index (χ0) is 13.5. The van der Waals surface area contributed by atoms with Crippen LogP contribution in [0.3, 0.4) is 0 Å². The summed E-state index contributed by atoms with van der Waals surface area (Å²) < 4.78 is 4.94. The van der Waals surface area contributed by atoms with Crippen molar-refractivity contribution in [2.75, 3.05) is 6.61 Å². The first-order chi connectivity index (χ1) is 8.56. The van der Waals surface area contributed by atoms with Gasteiger partial charge in [0.05, 0.1) is 12.2 Å². The van der Waals surface area contributed by atoms with Crippen molar-refractivity contribution < 1.29 is 19.4 Å². The third-order valence-electron chi connectivity index (χ3n) is 2.35. The van der Waals surface area contributed by atoms with Crippen LogP contribution in [0, 0.1) is 0 Å². The number of carboxylic acid groups (broad SMARTS) is 1. The zero-order valence-corrected chi connectivity index (χ0v) is 11.7. The van der Waals surface area contributed by atoms with Crippen LogP contribution in [0.15, 0.2) is 18.2 Å². The van der Waals surface area contributed by atoms with Crippen LogP contribution in [-0.4, -0.2) is 23.7 Å². The van der Waals surface area contributed by atoms with Gasteiger partial charge >= 0.3 is 11.9 Å². The molecule has 0 spiro atoms. The van der Waals surface area contributed by atoms with Crippen LogP contribution in [-0.2, 0) is 21.3 Å². The van der Waals surface area contributed by atoms with Crippen LogP contribution in [0.2, 0.25) is 0 Å². The summed E-state index contributed by atoms with van der Waals surface area (Å²) in [6, 6.07) is 5.32. The zero-order valence-electron chi connectivity index (χ0n) is 10.1. The number of hydrogen-bond donors (Lipinski definition) is 1. The van der Waals surface area contributed by atoms with Gasteiger partial charge < -0.3 is 9.84 Å². The molecule has 1 N–H and O–H groups in total. The average Bonchev–Trinajstić information content (AvgIpc) is 2.36. The van der Waals surface area contributed by atoms with E-state index in [1.54, 1.807) is 19.1 Å². The Kier molecular flexibility index (Phi) is 5.85. The van der Waals surface area contributed by atoms with Crippen LogP contribution in [0.4, 0.5) is 0 Å². The van der Waals surface area contributed by atoms with Gasteiger partial charge in [0.2, 0.25) is 0 Å². The molecule has 0 radical (unpaired) electrons. The van der Waals surface area contributed by atoms with E-state index in [0.717, 1.165) is 11.1 Å². The van der Waals surface area contributed by atoms with E-state index in [1.165, 1.54) is 0 Å². The molecule has 4 nitrogen and oxygen atoms in total. The van der Waals surface area contributed by atoms with Gasteiger partial charge in [-0.1, -0.05) is 22.0 Å². The van der Waals surface area contributed by atoms with Crippen molar-refractivity contribution in [1.82, 2.24) is 0 Å². The minimum Gasteiger partial charge on any atom is -0.481 e. The number of ether oxygens (including phenoxy) is 1. The lowest BCUT2D eigenvalue weighted by molar-refractivity contribution is -0.136. The summed E-state index contributed by atoms with van der Waals surface area (Å²) in [6.07, 6.45) is 0.455. The third-order valence-corrected chi connectivity index (χ3v) is 2.99. The molecule has 0 aliphatic rings. The summed E-state index contributed by atoms with van der Waals surface area (Å²) in [5, 5.41) is 9.27. The maximum atomic E-state index is 11.6. The Morgan fingerprint density at radius 3 is 2.50 bits per heavy atom. The fourth-order valence-corrected chi connectivity index (χ4v) is 1.89. The summed E-state index contributed by atoms with van der Waals surface area (Å²) in [5.41, 5.74) is 2.23. The van der Waals surface area contributed by atoms with Gasteiger partial charge in [0.1, 0.15) is 0 Å². The lowest BCUT2D eigenvalue weighted by Gasteiger charge is -2.07. The number of hydrogen-bond acceptors (Lipinski definition) is 3. The first-order valence-corrected chi connectivity index (χ1v) is 6.76. The number of rotatable bonds is 6. The second-order valence-electron chi connectivity index (χ2n) is 3.79. The van der Waals surface area contributed by atoms with Crippen LogP contribution >= 0.6 is 15.9 Å². The molecule has 0 saturated heterocycles. The fourth-order valence-electron chi connectivity index (χ4n) is 1.57. The van der Waals surface area contributed by atoms with Crippen molar-refractivity contribution >= 4 is 27.9 Å². The minimum absolute atomic E-state index is 0.0496. The smallest absolute Gasteiger partial charge is 0.338 e. The van der Waals surface area contributed by atoms with Crippen molar-refractivity contribution in [2.24, 2.45) is 0 Å². The molecule has 0 atom stereocenters. The number of benzene rings is 1. The van der Waals surface area contributed by atoms with E-state index in [-0.39, 0.29) is 12.4 Å². The predicted molar refractivity (Wildman–Crippen MR) is 71.0 cm³/mol. The fraction of sp³-hybridized carbons (Fsp3) is 0.385. The molecule has 98 valence electrons. The Bertz CT molecular complexity index is 443. The van der Waals surface area contributed by atoms with Gasteiger partial charge in [0, 0.05) is 11.8 Å². The Hall–Kier alpha value is -1.36. The van der Waals surface area contributed by atoms with E-state index >= 15 is 0 Å². The topological polar surface area (TPSA) is 63.6 Å². The number of carbonyl (C=O) groups excluding carboxylic acids is 1. The quantitative estimate of drug-likeness (QED) is 0.648. The summed E-state index contributed by atoms with van der Waals surface area (Å²) in [6.45, 7) is 2.07. The largest absolute Gasteiger partial charge is 0.481 e. The molecular weight excluding hydrogens is 300 g/mol. The molecule has 0 bridgehead atoms. The van der Waals surface area contributed by atoms with Crippen molar-refractivity contribution in [3.05, 3.63) is 34.9 Å². The standard InChI is InChI=1S/C13H15BrO4/c1-2-18-13(17)11-6-9(3-4-12(15)16)5-10(7-11)8-14/h5-7H,2-4,8H2,1H3,(H,15,16). The molecule has 1 rings (SSSR count). The van der Waals surface area contributed by atoms with Crippen molar-refractivity contribution in [1.29, 1.82) is 0 Å². The second kappa shape index (κ2) is 7.16. The van der Waals surface area contributed by atoms with Gasteiger partial charge in [0.25, 0.3) is 0 Å². The Morgan fingerprint density at radius 1 is 1.28 bits per heavy atom. The highest BCUT2D eigenvalue weighted by molar-refractivity contribution is 9.08. The maximum Gasteiger partial charge on any atom is 0.338 e. The highest BCUT2D eigenvalue weighted by Crippen LogP contribution is 2.16. The molecule has 0 aromatic heterocycles. The molecule has 0 amide bonds. The number of aliphatic carboxylic acids is 1. The Balaban J connectivity index is 2.93. The summed E-state index contributed by atoms with van der Waals surface area (Å²) >= 11 is 3.33. The van der Waals surface area contributed by atoms with E-state index in [2.05, 4.69) is 15.9 Å². The highest BCUT2D eigenvalue weighted by atomic mass is 79.9. The van der Waals surface area contributed by atoms with Gasteiger partial charge in [-0.2, -0.15) is 0 Å². The van der Waals surface area contributed by atoms with Crippen molar-refractivity contribution in [2.45, 2.75) is 25.1 Å². The number of alkyl halides is 1. The normalized spacial score (nSPS) is 10.1. The number of esters is 1. The maximum absolute atomic E-state index is 11.6. The van der Waals surface area contributed by atoms with Crippen molar-refractivity contribution in [3.63, 3.8) is 0 Å². The number of aryl methyl sites for hydroxylation is 1. The SMILES string of the molecule is CCOC(=O)c1cc(CBr)cc(CCC(=O)O)c1. The lowest BCUT2D eigenvalue weighted by Crippen LogP contribution is -2.06.